The Hall–Kier alpha value is -1.62. The molecule has 0 saturated heterocycles. The lowest BCUT2D eigenvalue weighted by molar-refractivity contribution is -0.119. The van der Waals surface area contributed by atoms with E-state index in [2.05, 4.69) is 49.4 Å². The van der Waals surface area contributed by atoms with Crippen LogP contribution in [0.4, 0.5) is 5.82 Å². The molecule has 118 valence electrons. The third kappa shape index (κ3) is 6.58. The highest BCUT2D eigenvalue weighted by atomic mass is 16.1. The van der Waals surface area contributed by atoms with Gasteiger partial charge >= 0.3 is 0 Å². The summed E-state index contributed by atoms with van der Waals surface area (Å²) in [6, 6.07) is 4.05. The van der Waals surface area contributed by atoms with Gasteiger partial charge in [-0.05, 0) is 38.8 Å². The van der Waals surface area contributed by atoms with Crippen molar-refractivity contribution in [2.45, 2.75) is 46.2 Å². The summed E-state index contributed by atoms with van der Waals surface area (Å²) in [6.45, 7) is 10.5. The highest BCUT2D eigenvalue weighted by molar-refractivity contribution is 5.80. The van der Waals surface area contributed by atoms with Gasteiger partial charge in [-0.2, -0.15) is 0 Å². The Balaban J connectivity index is 2.70. The zero-order valence-corrected chi connectivity index (χ0v) is 13.9. The fourth-order valence-corrected chi connectivity index (χ4v) is 1.87. The maximum absolute atomic E-state index is 11.6. The Labute approximate surface area is 128 Å². The molecular formula is C16H28N4O. The van der Waals surface area contributed by atoms with Crippen molar-refractivity contribution in [2.75, 3.05) is 25.0 Å². The molecule has 0 aliphatic carbocycles. The summed E-state index contributed by atoms with van der Waals surface area (Å²) in [5.41, 5.74) is 1.23. The number of anilines is 1. The van der Waals surface area contributed by atoms with Gasteiger partial charge in [0.1, 0.15) is 5.82 Å². The predicted octanol–water partition coefficient (Wildman–Crippen LogP) is 1.93. The SMILES string of the molecule is CCCN(CC(=O)NC)c1ccc(CNC(C)(C)C)cn1. The molecular weight excluding hydrogens is 264 g/mol. The summed E-state index contributed by atoms with van der Waals surface area (Å²) >= 11 is 0. The summed E-state index contributed by atoms with van der Waals surface area (Å²) in [5.74, 6) is 0.851. The Bertz CT molecular complexity index is 437. The summed E-state index contributed by atoms with van der Waals surface area (Å²) in [5, 5.41) is 6.09. The minimum Gasteiger partial charge on any atom is -0.358 e. The highest BCUT2D eigenvalue weighted by Gasteiger charge is 2.12. The van der Waals surface area contributed by atoms with Crippen LogP contribution in [0.3, 0.4) is 0 Å². The van der Waals surface area contributed by atoms with Crippen molar-refractivity contribution in [3.63, 3.8) is 0 Å². The summed E-state index contributed by atoms with van der Waals surface area (Å²) in [7, 11) is 1.65. The normalized spacial score (nSPS) is 11.3. The zero-order valence-electron chi connectivity index (χ0n) is 13.9. The quantitative estimate of drug-likeness (QED) is 0.806. The van der Waals surface area contributed by atoms with Gasteiger partial charge in [0.05, 0.1) is 6.54 Å². The standard InChI is InChI=1S/C16H28N4O/c1-6-9-20(12-15(21)17-5)14-8-7-13(10-18-14)11-19-16(2,3)4/h7-8,10,19H,6,9,11-12H2,1-5H3,(H,17,21). The van der Waals surface area contributed by atoms with Crippen LogP contribution in [0.1, 0.15) is 39.7 Å². The second-order valence-corrected chi connectivity index (χ2v) is 6.22. The average Bonchev–Trinajstić information content (AvgIpc) is 2.44. The number of carbonyl (C=O) groups is 1. The van der Waals surface area contributed by atoms with Crippen LogP contribution in [0.15, 0.2) is 18.3 Å². The molecule has 0 fully saturated rings. The van der Waals surface area contributed by atoms with Gasteiger partial charge in [0.15, 0.2) is 0 Å². The molecule has 0 radical (unpaired) electrons. The molecule has 1 heterocycles. The van der Waals surface area contributed by atoms with Crippen LogP contribution < -0.4 is 15.5 Å². The number of carbonyl (C=O) groups excluding carboxylic acids is 1. The number of pyridine rings is 1. The van der Waals surface area contributed by atoms with Crippen molar-refractivity contribution in [2.24, 2.45) is 0 Å². The second kappa shape index (κ2) is 7.98. The molecule has 0 spiro atoms. The van der Waals surface area contributed by atoms with Crippen LogP contribution in [0.5, 0.6) is 0 Å². The number of rotatable bonds is 7. The molecule has 1 aromatic heterocycles. The van der Waals surface area contributed by atoms with E-state index in [1.54, 1.807) is 7.05 Å². The first kappa shape index (κ1) is 17.4. The van der Waals surface area contributed by atoms with E-state index in [0.29, 0.717) is 6.54 Å². The number of aromatic nitrogens is 1. The number of hydrogen-bond donors (Lipinski definition) is 2. The lowest BCUT2D eigenvalue weighted by Gasteiger charge is -2.23. The van der Waals surface area contributed by atoms with E-state index in [4.69, 9.17) is 0 Å². The lowest BCUT2D eigenvalue weighted by atomic mass is 10.1. The van der Waals surface area contributed by atoms with Crippen LogP contribution in [0, 0.1) is 0 Å². The molecule has 0 aromatic carbocycles. The minimum absolute atomic E-state index is 0.00345. The third-order valence-corrected chi connectivity index (χ3v) is 3.06. The molecule has 5 heteroatoms. The topological polar surface area (TPSA) is 57.3 Å². The molecule has 0 bridgehead atoms. The smallest absolute Gasteiger partial charge is 0.239 e. The Kier molecular flexibility index (Phi) is 6.62. The molecule has 0 aliphatic rings. The number of nitrogens with one attached hydrogen (secondary N) is 2. The van der Waals surface area contributed by atoms with Crippen molar-refractivity contribution < 1.29 is 4.79 Å². The Morgan fingerprint density at radius 1 is 1.33 bits per heavy atom. The molecule has 1 rings (SSSR count). The first-order chi connectivity index (χ1) is 9.85. The van der Waals surface area contributed by atoms with Crippen LogP contribution in [-0.4, -0.2) is 36.6 Å². The maximum Gasteiger partial charge on any atom is 0.239 e. The average molecular weight is 292 g/mol. The molecule has 0 atom stereocenters. The number of amides is 1. The minimum atomic E-state index is 0.00345. The fraction of sp³-hybridized carbons (Fsp3) is 0.625. The van der Waals surface area contributed by atoms with E-state index in [-0.39, 0.29) is 11.4 Å². The van der Waals surface area contributed by atoms with E-state index < -0.39 is 0 Å². The van der Waals surface area contributed by atoms with Gasteiger partial charge in [-0.1, -0.05) is 13.0 Å². The molecule has 1 aromatic rings. The maximum atomic E-state index is 11.6. The molecule has 5 nitrogen and oxygen atoms in total. The van der Waals surface area contributed by atoms with Gasteiger partial charge in [-0.25, -0.2) is 4.98 Å². The Morgan fingerprint density at radius 2 is 2.05 bits per heavy atom. The van der Waals surface area contributed by atoms with E-state index in [0.717, 1.165) is 30.9 Å². The van der Waals surface area contributed by atoms with Crippen LogP contribution in [-0.2, 0) is 11.3 Å². The number of hydrogen-bond acceptors (Lipinski definition) is 4. The summed E-state index contributed by atoms with van der Waals surface area (Å²) in [4.78, 5) is 18.1. The van der Waals surface area contributed by atoms with E-state index in [1.165, 1.54) is 0 Å². The van der Waals surface area contributed by atoms with Gasteiger partial charge in [-0.3, -0.25) is 4.79 Å². The highest BCUT2D eigenvalue weighted by Crippen LogP contribution is 2.12. The van der Waals surface area contributed by atoms with Gasteiger partial charge in [0.2, 0.25) is 5.91 Å². The van der Waals surface area contributed by atoms with Crippen molar-refractivity contribution in [3.8, 4) is 0 Å². The molecule has 21 heavy (non-hydrogen) atoms. The molecule has 0 aliphatic heterocycles. The van der Waals surface area contributed by atoms with Gasteiger partial charge in [0, 0.05) is 31.9 Å². The van der Waals surface area contributed by atoms with E-state index in [1.807, 2.05) is 17.2 Å². The van der Waals surface area contributed by atoms with Crippen molar-refractivity contribution in [1.82, 2.24) is 15.6 Å². The van der Waals surface area contributed by atoms with Crippen LogP contribution in [0.2, 0.25) is 0 Å². The van der Waals surface area contributed by atoms with Crippen molar-refractivity contribution in [1.29, 1.82) is 0 Å². The van der Waals surface area contributed by atoms with Gasteiger partial charge in [0.25, 0.3) is 0 Å². The first-order valence-electron chi connectivity index (χ1n) is 7.51. The molecule has 0 saturated carbocycles. The van der Waals surface area contributed by atoms with Crippen molar-refractivity contribution >= 4 is 11.7 Å². The first-order valence-corrected chi connectivity index (χ1v) is 7.51. The summed E-state index contributed by atoms with van der Waals surface area (Å²) in [6.07, 6.45) is 2.85. The van der Waals surface area contributed by atoms with Gasteiger partial charge < -0.3 is 15.5 Å². The van der Waals surface area contributed by atoms with Crippen molar-refractivity contribution in [3.05, 3.63) is 23.9 Å². The zero-order chi connectivity index (χ0) is 15.9. The predicted molar refractivity (Wildman–Crippen MR) is 87.4 cm³/mol. The Morgan fingerprint density at radius 3 is 2.52 bits per heavy atom. The lowest BCUT2D eigenvalue weighted by Crippen LogP contribution is -2.36. The third-order valence-electron chi connectivity index (χ3n) is 3.06. The largest absolute Gasteiger partial charge is 0.358 e. The number of nitrogens with zero attached hydrogens (tertiary/aromatic N) is 2. The van der Waals surface area contributed by atoms with E-state index in [9.17, 15) is 4.79 Å². The van der Waals surface area contributed by atoms with Gasteiger partial charge in [-0.15, -0.1) is 0 Å². The summed E-state index contributed by atoms with van der Waals surface area (Å²) < 4.78 is 0. The second-order valence-electron chi connectivity index (χ2n) is 6.22. The fourth-order valence-electron chi connectivity index (χ4n) is 1.87. The van der Waals surface area contributed by atoms with Crippen LogP contribution >= 0.6 is 0 Å². The molecule has 1 amide bonds. The van der Waals surface area contributed by atoms with Crippen LogP contribution in [0.25, 0.3) is 0 Å². The van der Waals surface area contributed by atoms with E-state index >= 15 is 0 Å². The monoisotopic (exact) mass is 292 g/mol. The number of likely N-dealkylation sites (N-methyl/N-ethyl adjacent to an activating group) is 1. The molecule has 0 unspecified atom stereocenters. The molecule has 2 N–H and O–H groups in total.